The fraction of sp³-hybridized carbons (Fsp3) is 0.250. The van der Waals surface area contributed by atoms with E-state index in [4.69, 9.17) is 0 Å². The lowest BCUT2D eigenvalue weighted by molar-refractivity contribution is 0.624. The number of nitrogens with zero attached hydrogens (tertiary/aromatic N) is 1. The predicted molar refractivity (Wildman–Crippen MR) is 71.3 cm³/mol. The van der Waals surface area contributed by atoms with E-state index in [0.717, 1.165) is 16.1 Å². The fourth-order valence-electron chi connectivity index (χ4n) is 1.59. The van der Waals surface area contributed by atoms with Gasteiger partial charge in [-0.1, -0.05) is 33.3 Å². The first kappa shape index (κ1) is 12.5. The molecule has 0 atom stereocenters. The molecule has 90 valence electrons. The molecular weight excluding hydrogens is 305 g/mol. The van der Waals surface area contributed by atoms with E-state index in [-0.39, 0.29) is 10.7 Å². The van der Waals surface area contributed by atoms with Gasteiger partial charge in [-0.2, -0.15) is 0 Å². The van der Waals surface area contributed by atoms with Crippen LogP contribution in [0.1, 0.15) is 16.1 Å². The highest BCUT2D eigenvalue weighted by Gasteiger charge is 2.09. The summed E-state index contributed by atoms with van der Waals surface area (Å²) in [5, 5.41) is 0. The molecule has 1 aromatic carbocycles. The third-order valence-corrected chi connectivity index (χ3v) is 4.45. The van der Waals surface area contributed by atoms with Gasteiger partial charge < -0.3 is 0 Å². The minimum atomic E-state index is -0.286. The molecule has 5 heteroatoms. The first-order chi connectivity index (χ1) is 7.99. The third kappa shape index (κ3) is 2.50. The van der Waals surface area contributed by atoms with E-state index in [2.05, 4.69) is 15.9 Å². The smallest absolute Gasteiger partial charge is 0.299 e. The van der Waals surface area contributed by atoms with Gasteiger partial charge in [0.15, 0.2) is 0 Å². The topological polar surface area (TPSA) is 22.0 Å². The molecule has 2 aromatic rings. The summed E-state index contributed by atoms with van der Waals surface area (Å²) in [6.07, 6.45) is 0. The van der Waals surface area contributed by atoms with Crippen LogP contribution in [0.4, 0.5) is 4.39 Å². The number of aryl methyl sites for hydroxylation is 1. The van der Waals surface area contributed by atoms with E-state index in [0.29, 0.717) is 11.0 Å². The van der Waals surface area contributed by atoms with Crippen LogP contribution in [-0.4, -0.2) is 4.57 Å². The van der Waals surface area contributed by atoms with Crippen molar-refractivity contribution in [2.45, 2.75) is 20.4 Å². The maximum Gasteiger partial charge on any atom is 0.307 e. The summed E-state index contributed by atoms with van der Waals surface area (Å²) in [5.41, 5.74) is 1.87. The highest BCUT2D eigenvalue weighted by atomic mass is 79.9. The van der Waals surface area contributed by atoms with Crippen molar-refractivity contribution in [1.29, 1.82) is 0 Å². The van der Waals surface area contributed by atoms with Crippen molar-refractivity contribution in [2.24, 2.45) is 0 Å². The van der Waals surface area contributed by atoms with E-state index >= 15 is 0 Å². The standard InChI is InChI=1S/C12H11BrFNOS/c1-7-8(2)17-12(16)15(7)6-9-3-4-10(14)5-11(9)13/h3-5H,6H2,1-2H3. The van der Waals surface area contributed by atoms with Crippen LogP contribution in [0.3, 0.4) is 0 Å². The molecule has 0 spiro atoms. The average molecular weight is 316 g/mol. The van der Waals surface area contributed by atoms with Gasteiger partial charge in [0, 0.05) is 15.0 Å². The molecule has 1 heterocycles. The van der Waals surface area contributed by atoms with Gasteiger partial charge in [0.05, 0.1) is 6.54 Å². The molecule has 0 aliphatic carbocycles. The summed E-state index contributed by atoms with van der Waals surface area (Å²) in [7, 11) is 0. The summed E-state index contributed by atoms with van der Waals surface area (Å²) in [6.45, 7) is 4.32. The Kier molecular flexibility index (Phi) is 3.49. The molecule has 0 saturated carbocycles. The molecule has 2 rings (SSSR count). The largest absolute Gasteiger partial charge is 0.307 e. The minimum Gasteiger partial charge on any atom is -0.299 e. The number of thiazole rings is 1. The Labute approximate surface area is 111 Å². The Morgan fingerprint density at radius 2 is 2.12 bits per heavy atom. The van der Waals surface area contributed by atoms with E-state index in [1.165, 1.54) is 23.5 Å². The molecule has 0 amide bonds. The Hall–Kier alpha value is -0.940. The lowest BCUT2D eigenvalue weighted by atomic mass is 10.2. The normalized spacial score (nSPS) is 10.8. The van der Waals surface area contributed by atoms with Crippen LogP contribution in [0, 0.1) is 19.7 Å². The van der Waals surface area contributed by atoms with Gasteiger partial charge in [-0.05, 0) is 31.5 Å². The molecule has 2 nitrogen and oxygen atoms in total. The lowest BCUT2D eigenvalue weighted by Crippen LogP contribution is -2.15. The summed E-state index contributed by atoms with van der Waals surface area (Å²) in [5.74, 6) is -0.286. The number of halogens is 2. The Morgan fingerprint density at radius 3 is 2.65 bits per heavy atom. The van der Waals surface area contributed by atoms with Crippen molar-refractivity contribution in [2.75, 3.05) is 0 Å². The predicted octanol–water partition coefficient (Wildman–Crippen LogP) is 3.48. The average Bonchev–Trinajstić information content (AvgIpc) is 2.48. The second-order valence-electron chi connectivity index (χ2n) is 3.83. The summed E-state index contributed by atoms with van der Waals surface area (Å²) in [6, 6.07) is 4.51. The molecule has 17 heavy (non-hydrogen) atoms. The summed E-state index contributed by atoms with van der Waals surface area (Å²) in [4.78, 5) is 12.8. The van der Waals surface area contributed by atoms with Gasteiger partial charge >= 0.3 is 4.87 Å². The van der Waals surface area contributed by atoms with Gasteiger partial charge in [-0.15, -0.1) is 0 Å². The van der Waals surface area contributed by atoms with Crippen LogP contribution in [0.5, 0.6) is 0 Å². The maximum absolute atomic E-state index is 13.0. The van der Waals surface area contributed by atoms with Crippen molar-refractivity contribution in [3.8, 4) is 0 Å². The molecule has 0 bridgehead atoms. The molecule has 0 aliphatic rings. The monoisotopic (exact) mass is 315 g/mol. The van der Waals surface area contributed by atoms with Crippen molar-refractivity contribution >= 4 is 27.3 Å². The second-order valence-corrected chi connectivity index (χ2v) is 5.85. The minimum absolute atomic E-state index is 0.0243. The first-order valence-electron chi connectivity index (χ1n) is 5.10. The van der Waals surface area contributed by atoms with Gasteiger partial charge in [0.2, 0.25) is 0 Å². The van der Waals surface area contributed by atoms with Crippen molar-refractivity contribution in [3.05, 3.63) is 54.3 Å². The zero-order valence-electron chi connectivity index (χ0n) is 9.46. The van der Waals surface area contributed by atoms with E-state index in [1.54, 1.807) is 10.6 Å². The molecule has 0 fully saturated rings. The first-order valence-corrected chi connectivity index (χ1v) is 6.70. The summed E-state index contributed by atoms with van der Waals surface area (Å²) >= 11 is 4.55. The quantitative estimate of drug-likeness (QED) is 0.831. The van der Waals surface area contributed by atoms with Crippen LogP contribution >= 0.6 is 27.3 Å². The maximum atomic E-state index is 13.0. The summed E-state index contributed by atoms with van der Waals surface area (Å²) < 4.78 is 15.3. The molecule has 1 aromatic heterocycles. The third-order valence-electron chi connectivity index (χ3n) is 2.72. The highest BCUT2D eigenvalue weighted by Crippen LogP contribution is 2.20. The van der Waals surface area contributed by atoms with Crippen LogP contribution in [0.2, 0.25) is 0 Å². The number of aromatic nitrogens is 1. The van der Waals surface area contributed by atoms with Crippen molar-refractivity contribution in [3.63, 3.8) is 0 Å². The number of hydrogen-bond acceptors (Lipinski definition) is 2. The zero-order chi connectivity index (χ0) is 12.6. The number of rotatable bonds is 2. The number of benzene rings is 1. The van der Waals surface area contributed by atoms with Crippen LogP contribution < -0.4 is 4.87 Å². The van der Waals surface area contributed by atoms with Gasteiger partial charge in [-0.3, -0.25) is 9.36 Å². The van der Waals surface area contributed by atoms with Crippen molar-refractivity contribution < 1.29 is 4.39 Å². The molecule has 0 saturated heterocycles. The van der Waals surface area contributed by atoms with Gasteiger partial charge in [-0.25, -0.2) is 4.39 Å². The van der Waals surface area contributed by atoms with E-state index in [9.17, 15) is 9.18 Å². The van der Waals surface area contributed by atoms with Gasteiger partial charge in [0.1, 0.15) is 5.82 Å². The van der Waals surface area contributed by atoms with Gasteiger partial charge in [0.25, 0.3) is 0 Å². The van der Waals surface area contributed by atoms with Crippen LogP contribution in [0.25, 0.3) is 0 Å². The molecule has 0 N–H and O–H groups in total. The highest BCUT2D eigenvalue weighted by molar-refractivity contribution is 9.10. The Morgan fingerprint density at radius 1 is 1.41 bits per heavy atom. The Bertz CT molecular complexity index is 617. The van der Waals surface area contributed by atoms with Crippen LogP contribution in [0.15, 0.2) is 27.5 Å². The second kappa shape index (κ2) is 4.74. The fourth-order valence-corrected chi connectivity index (χ4v) is 2.90. The molecule has 0 unspecified atom stereocenters. The zero-order valence-corrected chi connectivity index (χ0v) is 11.9. The lowest BCUT2D eigenvalue weighted by Gasteiger charge is -2.07. The molecule has 0 radical (unpaired) electrons. The van der Waals surface area contributed by atoms with E-state index in [1.807, 2.05) is 13.8 Å². The van der Waals surface area contributed by atoms with E-state index < -0.39 is 0 Å². The Balaban J connectivity index is 2.41. The SMILES string of the molecule is Cc1sc(=O)n(Cc2ccc(F)cc2Br)c1C. The molecular formula is C12H11BrFNOS. The van der Waals surface area contributed by atoms with Crippen molar-refractivity contribution in [1.82, 2.24) is 4.57 Å². The van der Waals surface area contributed by atoms with Crippen LogP contribution in [-0.2, 0) is 6.54 Å². The number of hydrogen-bond donors (Lipinski definition) is 0. The molecule has 0 aliphatic heterocycles.